The van der Waals surface area contributed by atoms with Gasteiger partial charge in [0.2, 0.25) is 0 Å². The van der Waals surface area contributed by atoms with E-state index in [0.717, 1.165) is 24.8 Å². The summed E-state index contributed by atoms with van der Waals surface area (Å²) in [5.41, 5.74) is 1.89. The number of hydrogen-bond donors (Lipinski definition) is 1. The topological polar surface area (TPSA) is 67.9 Å². The van der Waals surface area contributed by atoms with E-state index < -0.39 is 5.54 Å². The van der Waals surface area contributed by atoms with E-state index in [4.69, 9.17) is 9.47 Å². The van der Waals surface area contributed by atoms with E-state index in [1.54, 1.807) is 0 Å². The van der Waals surface area contributed by atoms with Crippen LogP contribution in [0.1, 0.15) is 81.5 Å². The minimum atomic E-state index is -0.441. The van der Waals surface area contributed by atoms with Crippen LogP contribution >= 0.6 is 0 Å². The zero-order valence-electron chi connectivity index (χ0n) is 24.6. The summed E-state index contributed by atoms with van der Waals surface area (Å²) < 4.78 is 12.7. The lowest BCUT2D eigenvalue weighted by Gasteiger charge is -2.49. The number of ether oxygens (including phenoxy) is 2. The van der Waals surface area contributed by atoms with E-state index in [9.17, 15) is 9.59 Å². The lowest BCUT2D eigenvalue weighted by molar-refractivity contribution is 0.0616. The zero-order chi connectivity index (χ0) is 28.7. The monoisotopic (exact) mass is 542 g/mol. The van der Waals surface area contributed by atoms with E-state index in [-0.39, 0.29) is 35.0 Å². The van der Waals surface area contributed by atoms with Gasteiger partial charge in [0, 0.05) is 11.1 Å². The van der Waals surface area contributed by atoms with Crippen molar-refractivity contribution in [1.82, 2.24) is 10.2 Å². The number of benzene rings is 2. The van der Waals surface area contributed by atoms with Crippen LogP contribution in [0.25, 0.3) is 0 Å². The van der Waals surface area contributed by atoms with Gasteiger partial charge >= 0.3 is 0 Å². The number of fused-ring (bicyclic) bond motifs is 1. The van der Waals surface area contributed by atoms with E-state index >= 15 is 0 Å². The van der Waals surface area contributed by atoms with Gasteiger partial charge in [-0.3, -0.25) is 9.59 Å². The highest BCUT2D eigenvalue weighted by molar-refractivity contribution is 6.11. The van der Waals surface area contributed by atoms with Gasteiger partial charge in [0.15, 0.2) is 23.3 Å². The Morgan fingerprint density at radius 2 is 1.52 bits per heavy atom. The first-order chi connectivity index (χ1) is 19.1. The van der Waals surface area contributed by atoms with Gasteiger partial charge in [-0.1, -0.05) is 87.4 Å². The summed E-state index contributed by atoms with van der Waals surface area (Å²) in [6.45, 7) is 13.6. The fourth-order valence-corrected chi connectivity index (χ4v) is 6.58. The SMILES string of the molecule is CCCC1C(C(=O)c2ccccc2)=C2OCC(C)(C)N2C(/C(C(=O)c2ccccc2)=C2\NC(C)(C)CO2)C1CC. The normalized spacial score (nSPS) is 25.9. The molecule has 2 fully saturated rings. The molecule has 1 N–H and O–H groups in total. The number of rotatable bonds is 8. The summed E-state index contributed by atoms with van der Waals surface area (Å²) in [7, 11) is 0. The van der Waals surface area contributed by atoms with Crippen LogP contribution in [0.2, 0.25) is 0 Å². The first-order valence-electron chi connectivity index (χ1n) is 14.6. The van der Waals surface area contributed by atoms with Crippen molar-refractivity contribution in [3.63, 3.8) is 0 Å². The molecule has 0 aliphatic carbocycles. The summed E-state index contributed by atoms with van der Waals surface area (Å²) in [6.07, 6.45) is 2.53. The minimum Gasteiger partial charge on any atom is -0.476 e. The molecule has 0 aromatic heterocycles. The molecule has 2 aromatic carbocycles. The number of ketones is 2. The molecule has 40 heavy (non-hydrogen) atoms. The Morgan fingerprint density at radius 1 is 0.900 bits per heavy atom. The van der Waals surface area contributed by atoms with Crippen molar-refractivity contribution >= 4 is 11.6 Å². The average molecular weight is 543 g/mol. The third-order valence-corrected chi connectivity index (χ3v) is 8.44. The van der Waals surface area contributed by atoms with Gasteiger partial charge in [-0.15, -0.1) is 0 Å². The molecule has 6 nitrogen and oxygen atoms in total. The first-order valence-corrected chi connectivity index (χ1v) is 14.6. The molecule has 3 unspecified atom stereocenters. The van der Waals surface area contributed by atoms with Gasteiger partial charge < -0.3 is 19.7 Å². The first kappa shape index (κ1) is 28.0. The number of hydrogen-bond acceptors (Lipinski definition) is 6. The second-order valence-electron chi connectivity index (χ2n) is 12.5. The van der Waals surface area contributed by atoms with Gasteiger partial charge in [-0.25, -0.2) is 0 Å². The van der Waals surface area contributed by atoms with Crippen LogP contribution < -0.4 is 5.32 Å². The Bertz CT molecular complexity index is 1330. The molecule has 0 saturated carbocycles. The third kappa shape index (κ3) is 4.93. The molecule has 6 heteroatoms. The maximum Gasteiger partial charge on any atom is 0.198 e. The fraction of sp³-hybridized carbons (Fsp3) is 0.471. The van der Waals surface area contributed by atoms with Gasteiger partial charge in [0.25, 0.3) is 0 Å². The Hall–Kier alpha value is -3.54. The average Bonchev–Trinajstić information content (AvgIpc) is 3.47. The smallest absolute Gasteiger partial charge is 0.198 e. The lowest BCUT2D eigenvalue weighted by atomic mass is 9.68. The van der Waals surface area contributed by atoms with E-state index in [1.807, 2.05) is 60.7 Å². The third-order valence-electron chi connectivity index (χ3n) is 8.44. The molecule has 0 radical (unpaired) electrons. The van der Waals surface area contributed by atoms with Gasteiger partial charge in [0.05, 0.1) is 28.3 Å². The Labute approximate surface area is 238 Å². The molecule has 3 atom stereocenters. The van der Waals surface area contributed by atoms with Crippen LogP contribution in [0.15, 0.2) is 83.6 Å². The summed E-state index contributed by atoms with van der Waals surface area (Å²) in [4.78, 5) is 30.9. The highest BCUT2D eigenvalue weighted by atomic mass is 16.5. The zero-order valence-corrected chi connectivity index (χ0v) is 24.6. The van der Waals surface area contributed by atoms with Gasteiger partial charge in [0.1, 0.15) is 13.2 Å². The predicted octanol–water partition coefficient (Wildman–Crippen LogP) is 6.51. The van der Waals surface area contributed by atoms with Crippen molar-refractivity contribution in [1.29, 1.82) is 0 Å². The number of Topliss-reactive ketones (excluding diaryl/α,β-unsaturated/α-hetero) is 2. The van der Waals surface area contributed by atoms with Crippen LogP contribution in [-0.2, 0) is 9.47 Å². The highest BCUT2D eigenvalue weighted by Crippen LogP contribution is 2.51. The van der Waals surface area contributed by atoms with E-state index in [1.165, 1.54) is 0 Å². The minimum absolute atomic E-state index is 0.00314. The van der Waals surface area contributed by atoms with Crippen molar-refractivity contribution in [2.75, 3.05) is 13.2 Å². The summed E-state index contributed by atoms with van der Waals surface area (Å²) in [5.74, 6) is 1.03. The Kier molecular flexibility index (Phi) is 7.56. The molecule has 2 aromatic rings. The molecule has 3 aliphatic rings. The van der Waals surface area contributed by atoms with Gasteiger partial charge in [-0.2, -0.15) is 0 Å². The summed E-state index contributed by atoms with van der Waals surface area (Å²) in [5, 5.41) is 3.52. The molecular formula is C34H42N2O4. The number of nitrogens with zero attached hydrogens (tertiary/aromatic N) is 1. The standard InChI is InChI=1S/C34H42N2O4/c1-7-15-25-24(8-2)28(27(31-35-33(3,4)20-39-31)30(38)23-18-13-10-14-19-23)36-32(40-21-34(36,5)6)26(25)29(37)22-16-11-9-12-17-22/h9-14,16-19,24-25,28,35H,7-8,15,20-21H2,1-6H3/b31-27-. The van der Waals surface area contributed by atoms with Crippen molar-refractivity contribution in [2.24, 2.45) is 11.8 Å². The van der Waals surface area contributed by atoms with Crippen molar-refractivity contribution < 1.29 is 19.1 Å². The maximum atomic E-state index is 14.5. The maximum absolute atomic E-state index is 14.5. The van der Waals surface area contributed by atoms with E-state index in [0.29, 0.717) is 41.7 Å². The molecule has 5 rings (SSSR count). The van der Waals surface area contributed by atoms with Crippen LogP contribution in [0.3, 0.4) is 0 Å². The molecule has 0 amide bonds. The summed E-state index contributed by atoms with van der Waals surface area (Å²) in [6, 6.07) is 18.6. The molecule has 2 saturated heterocycles. The number of carbonyl (C=O) groups excluding carboxylic acids is 2. The quantitative estimate of drug-likeness (QED) is 0.303. The molecule has 212 valence electrons. The lowest BCUT2D eigenvalue weighted by Crippen LogP contribution is -2.56. The van der Waals surface area contributed by atoms with Crippen molar-refractivity contribution in [3.8, 4) is 0 Å². The Balaban J connectivity index is 1.76. The second kappa shape index (κ2) is 10.8. The summed E-state index contributed by atoms with van der Waals surface area (Å²) >= 11 is 0. The molecule has 0 bridgehead atoms. The van der Waals surface area contributed by atoms with Crippen molar-refractivity contribution in [3.05, 3.63) is 94.7 Å². The Morgan fingerprint density at radius 3 is 2.08 bits per heavy atom. The van der Waals surface area contributed by atoms with Gasteiger partial charge in [-0.05, 0) is 46.0 Å². The van der Waals surface area contributed by atoms with Crippen LogP contribution in [0.5, 0.6) is 0 Å². The fourth-order valence-electron chi connectivity index (χ4n) is 6.58. The number of nitrogens with one attached hydrogen (secondary N) is 1. The molecular weight excluding hydrogens is 500 g/mol. The molecule has 0 spiro atoms. The van der Waals surface area contributed by atoms with Crippen LogP contribution in [0, 0.1) is 11.8 Å². The van der Waals surface area contributed by atoms with Crippen molar-refractivity contribution in [2.45, 2.75) is 77.9 Å². The molecule has 3 aliphatic heterocycles. The number of carbonyl (C=O) groups is 2. The molecule has 3 heterocycles. The van der Waals surface area contributed by atoms with Crippen LogP contribution in [0.4, 0.5) is 0 Å². The van der Waals surface area contributed by atoms with Crippen LogP contribution in [-0.4, -0.2) is 46.8 Å². The van der Waals surface area contributed by atoms with E-state index in [2.05, 4.69) is 51.8 Å². The second-order valence-corrected chi connectivity index (χ2v) is 12.5. The predicted molar refractivity (Wildman–Crippen MR) is 157 cm³/mol. The number of allylic oxidation sites excluding steroid dienone is 1. The largest absolute Gasteiger partial charge is 0.476 e. The highest BCUT2D eigenvalue weighted by Gasteiger charge is 2.55.